The van der Waals surface area contributed by atoms with Gasteiger partial charge < -0.3 is 19.3 Å². The molecular formula is C25H22N3O8S-. The number of nitro groups is 1. The van der Waals surface area contributed by atoms with Gasteiger partial charge in [-0.1, -0.05) is 23.5 Å². The zero-order valence-electron chi connectivity index (χ0n) is 20.3. The van der Waals surface area contributed by atoms with E-state index >= 15 is 0 Å². The highest BCUT2D eigenvalue weighted by Crippen LogP contribution is 2.37. The van der Waals surface area contributed by atoms with Gasteiger partial charge in [0.1, 0.15) is 17.5 Å². The highest BCUT2D eigenvalue weighted by molar-refractivity contribution is 7.07. The smallest absolute Gasteiger partial charge is 0.338 e. The third-order valence-electron chi connectivity index (χ3n) is 5.76. The number of benzene rings is 2. The lowest BCUT2D eigenvalue weighted by Gasteiger charge is -2.26. The fourth-order valence-corrected chi connectivity index (χ4v) is 5.11. The number of carbonyl (C=O) groups is 1. The minimum absolute atomic E-state index is 0.0145. The first-order valence-electron chi connectivity index (χ1n) is 11.1. The van der Waals surface area contributed by atoms with Crippen LogP contribution in [-0.2, 0) is 9.53 Å². The number of rotatable bonds is 7. The molecule has 0 amide bonds. The van der Waals surface area contributed by atoms with E-state index in [0.29, 0.717) is 22.8 Å². The van der Waals surface area contributed by atoms with Crippen LogP contribution in [0.2, 0.25) is 0 Å². The average Bonchev–Trinajstić information content (AvgIpc) is 3.18. The summed E-state index contributed by atoms with van der Waals surface area (Å²) in [6, 6.07) is 7.92. The molecule has 0 N–H and O–H groups in total. The van der Waals surface area contributed by atoms with Crippen molar-refractivity contribution in [2.45, 2.75) is 19.9 Å². The Morgan fingerprint density at radius 3 is 2.65 bits per heavy atom. The number of aromatic nitrogens is 1. The number of carbonyl (C=O) groups excluding carboxylic acids is 1. The molecule has 0 bridgehead atoms. The Balaban J connectivity index is 2.01. The van der Waals surface area contributed by atoms with Crippen molar-refractivity contribution in [3.05, 3.63) is 88.6 Å². The van der Waals surface area contributed by atoms with E-state index in [-0.39, 0.29) is 27.1 Å². The Morgan fingerprint density at radius 2 is 2.00 bits per heavy atom. The van der Waals surface area contributed by atoms with Crippen molar-refractivity contribution in [2.75, 3.05) is 20.8 Å². The number of methoxy groups -OCH3 is 2. The Kier molecular flexibility index (Phi) is 7.11. The molecule has 0 saturated heterocycles. The number of hydrogen-bond acceptors (Lipinski definition) is 10. The lowest BCUT2D eigenvalue weighted by molar-refractivity contribution is -0.398. The van der Waals surface area contributed by atoms with E-state index in [1.54, 1.807) is 32.0 Å². The molecule has 1 atom stereocenters. The van der Waals surface area contributed by atoms with E-state index in [1.165, 1.54) is 37.0 Å². The Labute approximate surface area is 214 Å². The third kappa shape index (κ3) is 4.58. The summed E-state index contributed by atoms with van der Waals surface area (Å²) in [5.41, 5.74) is -0.139. The Morgan fingerprint density at radius 1 is 1.24 bits per heavy atom. The van der Waals surface area contributed by atoms with Crippen molar-refractivity contribution in [3.8, 4) is 17.2 Å². The molecule has 1 aromatic heterocycles. The van der Waals surface area contributed by atoms with Gasteiger partial charge in [0.15, 0.2) is 4.80 Å². The van der Waals surface area contributed by atoms with E-state index in [1.807, 2.05) is 0 Å². The molecule has 0 unspecified atom stereocenters. The van der Waals surface area contributed by atoms with Gasteiger partial charge in [0, 0.05) is 17.7 Å². The molecule has 2 heterocycles. The van der Waals surface area contributed by atoms with Crippen LogP contribution in [0.5, 0.6) is 17.2 Å². The van der Waals surface area contributed by atoms with Crippen LogP contribution in [0.15, 0.2) is 57.5 Å². The van der Waals surface area contributed by atoms with Gasteiger partial charge in [0.2, 0.25) is 0 Å². The summed E-state index contributed by atoms with van der Waals surface area (Å²) in [4.78, 5) is 41.9. The van der Waals surface area contributed by atoms with E-state index in [9.17, 15) is 24.8 Å². The molecule has 11 nitrogen and oxygen atoms in total. The second kappa shape index (κ2) is 10.3. The fraction of sp³-hybridized carbons (Fsp3) is 0.240. The molecule has 1 aliphatic heterocycles. The van der Waals surface area contributed by atoms with E-state index in [0.717, 1.165) is 17.4 Å². The van der Waals surface area contributed by atoms with Crippen LogP contribution in [0.4, 0.5) is 5.69 Å². The topological polar surface area (TPSA) is 145 Å². The van der Waals surface area contributed by atoms with Gasteiger partial charge in [-0.25, -0.2) is 9.79 Å². The monoisotopic (exact) mass is 524 g/mol. The predicted molar refractivity (Wildman–Crippen MR) is 132 cm³/mol. The zero-order chi connectivity index (χ0) is 26.9. The summed E-state index contributed by atoms with van der Waals surface area (Å²) in [6.07, 6.45) is 1.30. The molecule has 0 radical (unpaired) electrons. The van der Waals surface area contributed by atoms with Crippen LogP contribution in [-0.4, -0.2) is 36.3 Å². The summed E-state index contributed by atoms with van der Waals surface area (Å²) < 4.78 is 17.6. The van der Waals surface area contributed by atoms with Gasteiger partial charge in [0.25, 0.3) is 11.2 Å². The Bertz CT molecular complexity index is 1620. The molecule has 1 aliphatic rings. The van der Waals surface area contributed by atoms with E-state index in [2.05, 4.69) is 4.99 Å². The number of allylic oxidation sites excluding steroid dienone is 1. The van der Waals surface area contributed by atoms with Crippen LogP contribution in [0, 0.1) is 10.1 Å². The lowest BCUT2D eigenvalue weighted by Crippen LogP contribution is -2.40. The van der Waals surface area contributed by atoms with Crippen LogP contribution < -0.4 is 29.5 Å². The van der Waals surface area contributed by atoms with Gasteiger partial charge in [-0.15, -0.1) is 0 Å². The number of nitrogens with zero attached hydrogens (tertiary/aromatic N) is 3. The number of para-hydroxylation sites is 1. The summed E-state index contributed by atoms with van der Waals surface area (Å²) in [6.45, 7) is 3.43. The standard InChI is InChI=1S/C25H23N3O8S/c1-5-36-24(31)20-13(2)26-25-27(21(20)16-10-9-15(34-3)12-18(16)35-4)23(30)19(37-25)11-14-7-6-8-17(22(14)29)28(32)33/h6-12,21,29H,5H2,1-4H3/p-1/b19-11+/t21-/m1/s1. The van der Waals surface area contributed by atoms with Gasteiger partial charge in [0.05, 0.1) is 41.6 Å². The predicted octanol–water partition coefficient (Wildman–Crippen LogP) is 1.80. The number of thiazole rings is 1. The molecule has 0 saturated carbocycles. The van der Waals surface area contributed by atoms with Crippen molar-refractivity contribution in [2.24, 2.45) is 4.99 Å². The zero-order valence-corrected chi connectivity index (χ0v) is 21.2. The van der Waals surface area contributed by atoms with Gasteiger partial charge in [-0.3, -0.25) is 19.5 Å². The van der Waals surface area contributed by atoms with Crippen molar-refractivity contribution in [1.29, 1.82) is 0 Å². The maximum atomic E-state index is 13.7. The largest absolute Gasteiger partial charge is 0.867 e. The average molecular weight is 525 g/mol. The number of nitro benzene ring substituents is 1. The quantitative estimate of drug-likeness (QED) is 0.258. The van der Waals surface area contributed by atoms with Crippen molar-refractivity contribution in [3.63, 3.8) is 0 Å². The molecule has 2 aromatic carbocycles. The number of ether oxygens (including phenoxy) is 3. The highest BCUT2D eigenvalue weighted by Gasteiger charge is 2.35. The molecule has 3 aromatic rings. The van der Waals surface area contributed by atoms with E-state index in [4.69, 9.17) is 14.2 Å². The van der Waals surface area contributed by atoms with E-state index < -0.39 is 33.9 Å². The normalized spacial score (nSPS) is 15.1. The molecule has 0 aliphatic carbocycles. The third-order valence-corrected chi connectivity index (χ3v) is 6.74. The van der Waals surface area contributed by atoms with Crippen molar-refractivity contribution < 1.29 is 29.0 Å². The van der Waals surface area contributed by atoms with Gasteiger partial charge in [-0.2, -0.15) is 0 Å². The summed E-state index contributed by atoms with van der Waals surface area (Å²) in [5.74, 6) is -0.562. The molecule has 0 fully saturated rings. The van der Waals surface area contributed by atoms with Crippen LogP contribution in [0.1, 0.15) is 31.0 Å². The summed E-state index contributed by atoms with van der Waals surface area (Å²) in [7, 11) is 2.96. The maximum absolute atomic E-state index is 13.7. The maximum Gasteiger partial charge on any atom is 0.338 e. The SMILES string of the molecule is CCOC(=O)C1=C(C)N=c2s/c(=C/c3cccc([N+](=O)[O-])c3[O-])c(=O)n2[C@@H]1c1ccc(OC)cc1OC. The minimum atomic E-state index is -0.949. The van der Waals surface area contributed by atoms with Crippen LogP contribution in [0.3, 0.4) is 0 Å². The molecule has 192 valence electrons. The van der Waals surface area contributed by atoms with Gasteiger partial charge in [-0.05, 0) is 43.4 Å². The first-order chi connectivity index (χ1) is 17.7. The lowest BCUT2D eigenvalue weighted by atomic mass is 9.95. The fourth-order valence-electron chi connectivity index (χ4n) is 4.07. The van der Waals surface area contributed by atoms with Crippen LogP contribution in [0.25, 0.3) is 6.08 Å². The number of hydrogen-bond donors (Lipinski definition) is 0. The molecule has 12 heteroatoms. The molecular weight excluding hydrogens is 502 g/mol. The highest BCUT2D eigenvalue weighted by atomic mass is 32.1. The van der Waals surface area contributed by atoms with Crippen molar-refractivity contribution in [1.82, 2.24) is 4.57 Å². The molecule has 0 spiro atoms. The first kappa shape index (κ1) is 25.6. The van der Waals surface area contributed by atoms with Crippen LogP contribution >= 0.6 is 11.3 Å². The van der Waals surface area contributed by atoms with Crippen molar-refractivity contribution >= 4 is 29.1 Å². The second-order valence-corrected chi connectivity index (χ2v) is 8.87. The first-order valence-corrected chi connectivity index (χ1v) is 11.9. The Hall–Kier alpha value is -4.45. The molecule has 37 heavy (non-hydrogen) atoms. The summed E-state index contributed by atoms with van der Waals surface area (Å²) >= 11 is 0.998. The number of esters is 1. The second-order valence-electron chi connectivity index (χ2n) is 7.86. The summed E-state index contributed by atoms with van der Waals surface area (Å²) in [5, 5.41) is 23.8. The van der Waals surface area contributed by atoms with Gasteiger partial charge >= 0.3 is 5.97 Å². The number of fused-ring (bicyclic) bond motifs is 1. The minimum Gasteiger partial charge on any atom is -0.867 e. The molecule has 4 rings (SSSR count).